The van der Waals surface area contributed by atoms with Crippen LogP contribution in [-0.2, 0) is 17.8 Å². The van der Waals surface area contributed by atoms with Crippen LogP contribution in [0.4, 0.5) is 10.5 Å². The monoisotopic (exact) mass is 402 g/mol. The molecule has 0 saturated carbocycles. The predicted octanol–water partition coefficient (Wildman–Crippen LogP) is 3.90. The zero-order valence-electron chi connectivity index (χ0n) is 14.7. The SMILES string of the molecule is COC(=O)c1sccc1NC(=O)N1CCCn2nc(-c3cccs3)cc2C1. The maximum absolute atomic E-state index is 12.8. The Labute approximate surface area is 164 Å². The fourth-order valence-electron chi connectivity index (χ4n) is 3.03. The first-order chi connectivity index (χ1) is 13.2. The van der Waals surface area contributed by atoms with E-state index in [0.29, 0.717) is 23.7 Å². The Hall–Kier alpha value is -2.65. The number of amides is 2. The van der Waals surface area contributed by atoms with Crippen molar-refractivity contribution in [1.82, 2.24) is 14.7 Å². The first-order valence-electron chi connectivity index (χ1n) is 8.48. The van der Waals surface area contributed by atoms with Crippen LogP contribution in [0.5, 0.6) is 0 Å². The van der Waals surface area contributed by atoms with E-state index in [4.69, 9.17) is 4.74 Å². The number of aryl methyl sites for hydroxylation is 1. The van der Waals surface area contributed by atoms with Crippen LogP contribution in [0.3, 0.4) is 0 Å². The van der Waals surface area contributed by atoms with Crippen molar-refractivity contribution in [2.24, 2.45) is 0 Å². The van der Waals surface area contributed by atoms with Crippen molar-refractivity contribution in [3.63, 3.8) is 0 Å². The van der Waals surface area contributed by atoms with Crippen molar-refractivity contribution in [3.8, 4) is 10.6 Å². The largest absolute Gasteiger partial charge is 0.465 e. The quantitative estimate of drug-likeness (QED) is 0.674. The van der Waals surface area contributed by atoms with Gasteiger partial charge in [0.05, 0.1) is 29.9 Å². The van der Waals surface area contributed by atoms with E-state index in [1.165, 1.54) is 18.4 Å². The van der Waals surface area contributed by atoms with Crippen LogP contribution in [0.1, 0.15) is 21.8 Å². The van der Waals surface area contributed by atoms with Gasteiger partial charge >= 0.3 is 12.0 Å². The van der Waals surface area contributed by atoms with Gasteiger partial charge in [0.2, 0.25) is 0 Å². The number of carbonyl (C=O) groups is 2. The first-order valence-corrected chi connectivity index (χ1v) is 10.2. The molecule has 0 bridgehead atoms. The number of nitrogens with one attached hydrogen (secondary N) is 1. The number of anilines is 1. The van der Waals surface area contributed by atoms with E-state index >= 15 is 0 Å². The highest BCUT2D eigenvalue weighted by molar-refractivity contribution is 7.13. The maximum Gasteiger partial charge on any atom is 0.350 e. The Morgan fingerprint density at radius 3 is 2.89 bits per heavy atom. The zero-order chi connectivity index (χ0) is 18.8. The highest BCUT2D eigenvalue weighted by Crippen LogP contribution is 2.27. The third-order valence-electron chi connectivity index (χ3n) is 4.35. The van der Waals surface area contributed by atoms with Crippen LogP contribution in [-0.4, -0.2) is 40.3 Å². The van der Waals surface area contributed by atoms with Gasteiger partial charge in [-0.2, -0.15) is 5.10 Å². The van der Waals surface area contributed by atoms with E-state index in [1.807, 2.05) is 28.3 Å². The lowest BCUT2D eigenvalue weighted by molar-refractivity contribution is 0.0607. The molecule has 140 valence electrons. The Balaban J connectivity index is 1.51. The van der Waals surface area contributed by atoms with Crippen LogP contribution >= 0.6 is 22.7 Å². The Kier molecular flexibility index (Phi) is 4.95. The summed E-state index contributed by atoms with van der Waals surface area (Å²) in [4.78, 5) is 27.8. The number of methoxy groups -OCH3 is 1. The van der Waals surface area contributed by atoms with Gasteiger partial charge in [-0.15, -0.1) is 22.7 Å². The molecule has 0 spiro atoms. The second-order valence-electron chi connectivity index (χ2n) is 6.08. The van der Waals surface area contributed by atoms with Gasteiger partial charge in [0.1, 0.15) is 10.6 Å². The second kappa shape index (κ2) is 7.53. The molecule has 0 radical (unpaired) electrons. The molecular formula is C18H18N4O3S2. The van der Waals surface area contributed by atoms with Gasteiger partial charge in [0, 0.05) is 13.1 Å². The van der Waals surface area contributed by atoms with E-state index in [0.717, 1.165) is 29.2 Å². The third kappa shape index (κ3) is 3.60. The number of aromatic nitrogens is 2. The number of carbonyl (C=O) groups excluding carboxylic acids is 2. The second-order valence-corrected chi connectivity index (χ2v) is 7.95. The zero-order valence-corrected chi connectivity index (χ0v) is 16.3. The molecule has 0 aromatic carbocycles. The number of hydrogen-bond donors (Lipinski definition) is 1. The maximum atomic E-state index is 12.8. The predicted molar refractivity (Wildman–Crippen MR) is 105 cm³/mol. The summed E-state index contributed by atoms with van der Waals surface area (Å²) in [6.45, 7) is 1.87. The van der Waals surface area contributed by atoms with Gasteiger partial charge in [0.25, 0.3) is 0 Å². The number of hydrogen-bond acceptors (Lipinski definition) is 6. The molecule has 3 aromatic heterocycles. The molecule has 0 atom stereocenters. The van der Waals surface area contributed by atoms with Gasteiger partial charge in [-0.25, -0.2) is 9.59 Å². The molecule has 3 aromatic rings. The van der Waals surface area contributed by atoms with Crippen molar-refractivity contribution in [1.29, 1.82) is 0 Å². The molecule has 0 fully saturated rings. The summed E-state index contributed by atoms with van der Waals surface area (Å²) in [6.07, 6.45) is 0.819. The minimum Gasteiger partial charge on any atom is -0.465 e. The normalized spacial score (nSPS) is 13.7. The summed E-state index contributed by atoms with van der Waals surface area (Å²) in [5, 5.41) is 11.3. The van der Waals surface area contributed by atoms with Crippen molar-refractivity contribution in [2.45, 2.75) is 19.5 Å². The standard InChI is InChI=1S/C18H18N4O3S2/c1-25-17(23)16-13(5-9-27-16)19-18(24)21-6-3-7-22-12(11-21)10-14(20-22)15-4-2-8-26-15/h2,4-5,8-10H,3,6-7,11H2,1H3,(H,19,24). The number of urea groups is 1. The van der Waals surface area contributed by atoms with E-state index in [1.54, 1.807) is 27.7 Å². The Morgan fingerprint density at radius 2 is 2.11 bits per heavy atom. The lowest BCUT2D eigenvalue weighted by atomic mass is 10.3. The number of rotatable bonds is 3. The summed E-state index contributed by atoms with van der Waals surface area (Å²) in [5.74, 6) is -0.449. The van der Waals surface area contributed by atoms with Gasteiger partial charge in [-0.1, -0.05) is 6.07 Å². The number of nitrogens with zero attached hydrogens (tertiary/aromatic N) is 3. The summed E-state index contributed by atoms with van der Waals surface area (Å²) < 4.78 is 6.74. The third-order valence-corrected chi connectivity index (χ3v) is 6.14. The Bertz CT molecular complexity index is 961. The molecule has 1 aliphatic rings. The van der Waals surface area contributed by atoms with Crippen molar-refractivity contribution in [3.05, 3.63) is 45.6 Å². The number of thiophene rings is 2. The van der Waals surface area contributed by atoms with Crippen LogP contribution in [0.25, 0.3) is 10.6 Å². The molecule has 1 aliphatic heterocycles. The molecule has 2 amide bonds. The fraction of sp³-hybridized carbons (Fsp3) is 0.278. The number of ether oxygens (including phenoxy) is 1. The average molecular weight is 403 g/mol. The lowest BCUT2D eigenvalue weighted by Gasteiger charge is -2.20. The molecule has 0 aliphatic carbocycles. The van der Waals surface area contributed by atoms with Crippen LogP contribution < -0.4 is 5.32 Å². The van der Waals surface area contributed by atoms with Crippen molar-refractivity contribution >= 4 is 40.4 Å². The molecular weight excluding hydrogens is 384 g/mol. The van der Waals surface area contributed by atoms with Gasteiger partial charge in [-0.3, -0.25) is 4.68 Å². The first kappa shape index (κ1) is 17.7. The van der Waals surface area contributed by atoms with Gasteiger partial charge in [0.15, 0.2) is 0 Å². The lowest BCUT2D eigenvalue weighted by Crippen LogP contribution is -2.34. The summed E-state index contributed by atoms with van der Waals surface area (Å²) in [5.41, 5.74) is 2.42. The van der Waals surface area contributed by atoms with E-state index in [-0.39, 0.29) is 6.03 Å². The number of fused-ring (bicyclic) bond motifs is 1. The van der Waals surface area contributed by atoms with E-state index in [9.17, 15) is 9.59 Å². The fourth-order valence-corrected chi connectivity index (χ4v) is 4.48. The topological polar surface area (TPSA) is 76.5 Å². The number of esters is 1. The average Bonchev–Trinajstić information content (AvgIpc) is 3.40. The molecule has 4 rings (SSSR count). The van der Waals surface area contributed by atoms with E-state index < -0.39 is 5.97 Å². The van der Waals surface area contributed by atoms with Crippen molar-refractivity contribution in [2.75, 3.05) is 19.0 Å². The molecule has 0 unspecified atom stereocenters. The molecule has 4 heterocycles. The highest BCUT2D eigenvalue weighted by atomic mass is 32.1. The molecule has 0 saturated heterocycles. The molecule has 7 nitrogen and oxygen atoms in total. The minimum atomic E-state index is -0.449. The van der Waals surface area contributed by atoms with Crippen LogP contribution in [0.15, 0.2) is 35.0 Å². The van der Waals surface area contributed by atoms with E-state index in [2.05, 4.69) is 10.4 Å². The minimum absolute atomic E-state index is 0.231. The summed E-state index contributed by atoms with van der Waals surface area (Å²) in [6, 6.07) is 7.57. The summed E-state index contributed by atoms with van der Waals surface area (Å²) >= 11 is 2.89. The van der Waals surface area contributed by atoms with Crippen LogP contribution in [0, 0.1) is 0 Å². The highest BCUT2D eigenvalue weighted by Gasteiger charge is 2.23. The smallest absolute Gasteiger partial charge is 0.350 e. The summed E-state index contributed by atoms with van der Waals surface area (Å²) in [7, 11) is 1.33. The van der Waals surface area contributed by atoms with Crippen LogP contribution in [0.2, 0.25) is 0 Å². The Morgan fingerprint density at radius 1 is 1.22 bits per heavy atom. The van der Waals surface area contributed by atoms with Crippen molar-refractivity contribution < 1.29 is 14.3 Å². The molecule has 27 heavy (non-hydrogen) atoms. The molecule has 9 heteroatoms. The molecule has 1 N–H and O–H groups in total. The van der Waals surface area contributed by atoms with Gasteiger partial charge in [-0.05, 0) is 35.4 Å². The van der Waals surface area contributed by atoms with Gasteiger partial charge < -0.3 is 15.0 Å².